The molecule has 128 valence electrons. The first-order chi connectivity index (χ1) is 12.2. The minimum absolute atomic E-state index is 0.0711. The monoisotopic (exact) mass is 389 g/mol. The number of rotatable bonds is 6. The average molecular weight is 390 g/mol. The standard InChI is InChI=1S/C18H16ClN3OS2/c1-2-15(24-14-10-8-13(19)9-11-14)16(23)20-18-22-21-17(25-18)12-6-4-3-5-7-12/h3-11,15H,2H2,1H3,(H,20,22,23)/t15-/m0/s1. The molecule has 1 aromatic heterocycles. The number of carbonyl (C=O) groups excluding carboxylic acids is 1. The molecule has 1 heterocycles. The summed E-state index contributed by atoms with van der Waals surface area (Å²) in [6, 6.07) is 17.3. The van der Waals surface area contributed by atoms with Crippen LogP contribution in [0.2, 0.25) is 5.02 Å². The molecule has 0 aliphatic carbocycles. The molecule has 1 atom stereocenters. The van der Waals surface area contributed by atoms with Crippen LogP contribution in [0.1, 0.15) is 13.3 Å². The molecule has 0 saturated carbocycles. The molecule has 0 aliphatic heterocycles. The zero-order chi connectivity index (χ0) is 17.6. The number of anilines is 1. The summed E-state index contributed by atoms with van der Waals surface area (Å²) >= 11 is 8.79. The van der Waals surface area contributed by atoms with E-state index in [1.807, 2.05) is 61.5 Å². The van der Waals surface area contributed by atoms with E-state index in [0.29, 0.717) is 16.6 Å². The molecule has 0 radical (unpaired) electrons. The lowest BCUT2D eigenvalue weighted by Gasteiger charge is -2.13. The van der Waals surface area contributed by atoms with E-state index in [0.717, 1.165) is 15.5 Å². The second-order valence-corrected chi connectivity index (χ2v) is 7.93. The Morgan fingerprint density at radius 2 is 1.88 bits per heavy atom. The zero-order valence-corrected chi connectivity index (χ0v) is 15.9. The minimum atomic E-state index is -0.203. The van der Waals surface area contributed by atoms with Gasteiger partial charge in [-0.15, -0.1) is 22.0 Å². The van der Waals surface area contributed by atoms with Crippen LogP contribution >= 0.6 is 34.7 Å². The van der Waals surface area contributed by atoms with Crippen molar-refractivity contribution in [2.75, 3.05) is 5.32 Å². The molecule has 0 spiro atoms. The Labute approximate surface area is 159 Å². The van der Waals surface area contributed by atoms with Crippen molar-refractivity contribution in [1.82, 2.24) is 10.2 Å². The van der Waals surface area contributed by atoms with Crippen molar-refractivity contribution in [3.8, 4) is 10.6 Å². The highest BCUT2D eigenvalue weighted by Crippen LogP contribution is 2.29. The van der Waals surface area contributed by atoms with Gasteiger partial charge in [-0.3, -0.25) is 10.1 Å². The predicted molar refractivity (Wildman–Crippen MR) is 105 cm³/mol. The van der Waals surface area contributed by atoms with Crippen LogP contribution in [0.3, 0.4) is 0 Å². The van der Waals surface area contributed by atoms with Crippen LogP contribution < -0.4 is 5.32 Å². The van der Waals surface area contributed by atoms with Gasteiger partial charge in [0.05, 0.1) is 5.25 Å². The fraction of sp³-hybridized carbons (Fsp3) is 0.167. The lowest BCUT2D eigenvalue weighted by Crippen LogP contribution is -2.24. The Morgan fingerprint density at radius 1 is 1.16 bits per heavy atom. The molecule has 4 nitrogen and oxygen atoms in total. The van der Waals surface area contributed by atoms with Crippen LogP contribution in [0.25, 0.3) is 10.6 Å². The van der Waals surface area contributed by atoms with E-state index in [9.17, 15) is 4.79 Å². The first-order valence-corrected chi connectivity index (χ1v) is 9.85. The van der Waals surface area contributed by atoms with Crippen molar-refractivity contribution >= 4 is 45.7 Å². The number of nitrogens with zero attached hydrogens (tertiary/aromatic N) is 2. The van der Waals surface area contributed by atoms with Crippen LogP contribution in [-0.2, 0) is 4.79 Å². The van der Waals surface area contributed by atoms with Crippen LogP contribution in [-0.4, -0.2) is 21.4 Å². The van der Waals surface area contributed by atoms with Crippen molar-refractivity contribution in [2.45, 2.75) is 23.5 Å². The quantitative estimate of drug-likeness (QED) is 0.576. The molecule has 0 fully saturated rings. The Bertz CT molecular complexity index is 837. The van der Waals surface area contributed by atoms with E-state index in [2.05, 4.69) is 15.5 Å². The van der Waals surface area contributed by atoms with Gasteiger partial charge in [-0.2, -0.15) is 0 Å². The Kier molecular flexibility index (Phi) is 6.07. The van der Waals surface area contributed by atoms with Gasteiger partial charge in [-0.25, -0.2) is 0 Å². The van der Waals surface area contributed by atoms with Gasteiger partial charge in [0, 0.05) is 15.5 Å². The largest absolute Gasteiger partial charge is 0.300 e. The molecule has 7 heteroatoms. The SMILES string of the molecule is CC[C@H](Sc1ccc(Cl)cc1)C(=O)Nc1nnc(-c2ccccc2)s1. The summed E-state index contributed by atoms with van der Waals surface area (Å²) in [5, 5.41) is 12.9. The van der Waals surface area contributed by atoms with E-state index >= 15 is 0 Å². The van der Waals surface area contributed by atoms with Gasteiger partial charge in [0.15, 0.2) is 0 Å². The number of amides is 1. The van der Waals surface area contributed by atoms with E-state index in [-0.39, 0.29) is 11.2 Å². The predicted octanol–water partition coefficient (Wildman–Crippen LogP) is 5.37. The van der Waals surface area contributed by atoms with Gasteiger partial charge in [0.2, 0.25) is 11.0 Å². The average Bonchev–Trinajstić information content (AvgIpc) is 3.10. The molecule has 0 bridgehead atoms. The Hall–Kier alpha value is -1.89. The van der Waals surface area contributed by atoms with Gasteiger partial charge < -0.3 is 0 Å². The first-order valence-electron chi connectivity index (χ1n) is 7.77. The number of thioether (sulfide) groups is 1. The number of carbonyl (C=O) groups is 1. The number of hydrogen-bond donors (Lipinski definition) is 1. The zero-order valence-electron chi connectivity index (χ0n) is 13.5. The summed E-state index contributed by atoms with van der Waals surface area (Å²) in [4.78, 5) is 13.5. The number of nitrogens with one attached hydrogen (secondary N) is 1. The van der Waals surface area contributed by atoms with Gasteiger partial charge in [-0.1, -0.05) is 60.2 Å². The van der Waals surface area contributed by atoms with E-state index in [4.69, 9.17) is 11.6 Å². The molecule has 3 rings (SSSR count). The lowest BCUT2D eigenvalue weighted by molar-refractivity contribution is -0.115. The molecular weight excluding hydrogens is 374 g/mol. The third kappa shape index (κ3) is 4.81. The highest BCUT2D eigenvalue weighted by molar-refractivity contribution is 8.00. The van der Waals surface area contributed by atoms with Gasteiger partial charge in [0.25, 0.3) is 0 Å². The molecule has 25 heavy (non-hydrogen) atoms. The third-order valence-electron chi connectivity index (χ3n) is 3.43. The van der Waals surface area contributed by atoms with Crippen molar-refractivity contribution in [1.29, 1.82) is 0 Å². The third-order valence-corrected chi connectivity index (χ3v) is 5.95. The molecule has 0 saturated heterocycles. The maximum absolute atomic E-state index is 12.5. The lowest BCUT2D eigenvalue weighted by atomic mass is 10.2. The number of aromatic nitrogens is 2. The summed E-state index contributed by atoms with van der Waals surface area (Å²) in [7, 11) is 0. The van der Waals surface area contributed by atoms with Crippen molar-refractivity contribution in [3.05, 3.63) is 59.6 Å². The second-order valence-electron chi connectivity index (χ2n) is 5.24. The van der Waals surface area contributed by atoms with Gasteiger partial charge in [-0.05, 0) is 30.7 Å². The Morgan fingerprint density at radius 3 is 2.56 bits per heavy atom. The maximum atomic E-state index is 12.5. The molecular formula is C18H16ClN3OS2. The molecule has 1 amide bonds. The maximum Gasteiger partial charge on any atom is 0.239 e. The number of hydrogen-bond acceptors (Lipinski definition) is 5. The second kappa shape index (κ2) is 8.47. The van der Waals surface area contributed by atoms with Crippen molar-refractivity contribution in [3.63, 3.8) is 0 Å². The highest BCUT2D eigenvalue weighted by atomic mass is 35.5. The Balaban J connectivity index is 1.66. The van der Waals surface area contributed by atoms with E-state index in [1.165, 1.54) is 23.1 Å². The summed E-state index contributed by atoms with van der Waals surface area (Å²) in [6.45, 7) is 1.99. The fourth-order valence-electron chi connectivity index (χ4n) is 2.16. The van der Waals surface area contributed by atoms with Crippen LogP contribution in [0.4, 0.5) is 5.13 Å². The number of benzene rings is 2. The molecule has 1 N–H and O–H groups in total. The van der Waals surface area contributed by atoms with E-state index < -0.39 is 0 Å². The molecule has 3 aromatic rings. The first kappa shape index (κ1) is 17.9. The summed E-state index contributed by atoms with van der Waals surface area (Å²) < 4.78 is 0. The fourth-order valence-corrected chi connectivity index (χ4v) is 3.99. The topological polar surface area (TPSA) is 54.9 Å². The van der Waals surface area contributed by atoms with Crippen LogP contribution in [0, 0.1) is 0 Å². The van der Waals surface area contributed by atoms with E-state index in [1.54, 1.807) is 0 Å². The summed E-state index contributed by atoms with van der Waals surface area (Å²) in [6.07, 6.45) is 0.712. The summed E-state index contributed by atoms with van der Waals surface area (Å²) in [5.74, 6) is -0.0711. The van der Waals surface area contributed by atoms with Crippen molar-refractivity contribution < 1.29 is 4.79 Å². The normalized spacial score (nSPS) is 11.9. The van der Waals surface area contributed by atoms with Crippen LogP contribution in [0.15, 0.2) is 59.5 Å². The molecule has 0 aliphatic rings. The highest BCUT2D eigenvalue weighted by Gasteiger charge is 2.19. The summed E-state index contributed by atoms with van der Waals surface area (Å²) in [5.41, 5.74) is 0.989. The van der Waals surface area contributed by atoms with Gasteiger partial charge in [0.1, 0.15) is 5.01 Å². The smallest absolute Gasteiger partial charge is 0.239 e. The van der Waals surface area contributed by atoms with Crippen LogP contribution in [0.5, 0.6) is 0 Å². The molecule has 0 unspecified atom stereocenters. The molecule has 2 aromatic carbocycles. The van der Waals surface area contributed by atoms with Gasteiger partial charge >= 0.3 is 0 Å². The number of halogens is 1. The van der Waals surface area contributed by atoms with Crippen molar-refractivity contribution in [2.24, 2.45) is 0 Å². The minimum Gasteiger partial charge on any atom is -0.300 e.